The molecule has 0 radical (unpaired) electrons. The predicted molar refractivity (Wildman–Crippen MR) is 91.6 cm³/mol. The molecular weight excluding hydrogens is 381 g/mol. The standard InChI is InChI=1S/C16H13BrFN3OS/c1-2-9-21-15(13-7-8-14(17)22-13)19-20-16(21)23-10-11-3-5-12(18)6-4-11/h2-8H,1,9-10H2. The van der Waals surface area contributed by atoms with Crippen molar-refractivity contribution in [1.82, 2.24) is 14.8 Å². The zero-order chi connectivity index (χ0) is 16.2. The van der Waals surface area contributed by atoms with E-state index >= 15 is 0 Å². The van der Waals surface area contributed by atoms with Crippen molar-refractivity contribution in [2.45, 2.75) is 17.5 Å². The van der Waals surface area contributed by atoms with Crippen molar-refractivity contribution in [2.75, 3.05) is 0 Å². The van der Waals surface area contributed by atoms with E-state index in [2.05, 4.69) is 32.7 Å². The van der Waals surface area contributed by atoms with Gasteiger partial charge in [0.1, 0.15) is 5.82 Å². The second-order valence-electron chi connectivity index (χ2n) is 4.72. The molecule has 118 valence electrons. The Morgan fingerprint density at radius 2 is 2.00 bits per heavy atom. The summed E-state index contributed by atoms with van der Waals surface area (Å²) in [4.78, 5) is 0. The maximum absolute atomic E-state index is 12.9. The summed E-state index contributed by atoms with van der Waals surface area (Å²) in [5.41, 5.74) is 1.02. The molecule has 0 aliphatic carbocycles. The van der Waals surface area contributed by atoms with Crippen LogP contribution in [0.5, 0.6) is 0 Å². The van der Waals surface area contributed by atoms with Crippen molar-refractivity contribution in [3.05, 3.63) is 65.1 Å². The van der Waals surface area contributed by atoms with E-state index in [4.69, 9.17) is 4.42 Å². The maximum Gasteiger partial charge on any atom is 0.200 e. The van der Waals surface area contributed by atoms with Gasteiger partial charge < -0.3 is 4.42 Å². The fourth-order valence-electron chi connectivity index (χ4n) is 2.03. The largest absolute Gasteiger partial charge is 0.446 e. The van der Waals surface area contributed by atoms with Crippen molar-refractivity contribution in [2.24, 2.45) is 0 Å². The number of furan rings is 1. The Morgan fingerprint density at radius 3 is 2.65 bits per heavy atom. The highest BCUT2D eigenvalue weighted by molar-refractivity contribution is 9.10. The SMILES string of the molecule is C=CCn1c(SCc2ccc(F)cc2)nnc1-c1ccc(Br)o1. The van der Waals surface area contributed by atoms with Gasteiger partial charge in [0.15, 0.2) is 15.6 Å². The van der Waals surface area contributed by atoms with Crippen LogP contribution < -0.4 is 0 Å². The molecule has 23 heavy (non-hydrogen) atoms. The third-order valence-electron chi connectivity index (χ3n) is 3.10. The Bertz CT molecular complexity index is 813. The van der Waals surface area contributed by atoms with Crippen molar-refractivity contribution >= 4 is 27.7 Å². The lowest BCUT2D eigenvalue weighted by Crippen LogP contribution is -2.00. The third-order valence-corrected chi connectivity index (χ3v) is 4.57. The van der Waals surface area contributed by atoms with Crippen LogP contribution in [0.1, 0.15) is 5.56 Å². The number of nitrogens with zero attached hydrogens (tertiary/aromatic N) is 3. The molecule has 0 aliphatic rings. The number of benzene rings is 1. The molecule has 4 nitrogen and oxygen atoms in total. The highest BCUT2D eigenvalue weighted by Crippen LogP contribution is 2.28. The monoisotopic (exact) mass is 393 g/mol. The Morgan fingerprint density at radius 1 is 1.22 bits per heavy atom. The lowest BCUT2D eigenvalue weighted by atomic mass is 10.2. The summed E-state index contributed by atoms with van der Waals surface area (Å²) in [7, 11) is 0. The van der Waals surface area contributed by atoms with Crippen LogP contribution in [-0.4, -0.2) is 14.8 Å². The summed E-state index contributed by atoms with van der Waals surface area (Å²) in [5, 5.41) is 9.21. The summed E-state index contributed by atoms with van der Waals surface area (Å²) in [5.74, 6) is 1.73. The molecule has 0 N–H and O–H groups in total. The van der Waals surface area contributed by atoms with E-state index in [9.17, 15) is 4.39 Å². The van der Waals surface area contributed by atoms with Gasteiger partial charge in [-0.05, 0) is 45.8 Å². The molecule has 0 saturated heterocycles. The summed E-state index contributed by atoms with van der Waals surface area (Å²) in [6.07, 6.45) is 1.78. The minimum absolute atomic E-state index is 0.237. The molecule has 3 aromatic rings. The molecule has 0 saturated carbocycles. The van der Waals surface area contributed by atoms with E-state index in [-0.39, 0.29) is 5.82 Å². The quantitative estimate of drug-likeness (QED) is 0.440. The molecule has 0 fully saturated rings. The normalized spacial score (nSPS) is 10.9. The zero-order valence-electron chi connectivity index (χ0n) is 12.1. The molecule has 0 atom stereocenters. The smallest absolute Gasteiger partial charge is 0.200 e. The van der Waals surface area contributed by atoms with Gasteiger partial charge in [-0.3, -0.25) is 4.57 Å². The summed E-state index contributed by atoms with van der Waals surface area (Å²) < 4.78 is 21.1. The van der Waals surface area contributed by atoms with Gasteiger partial charge in [-0.1, -0.05) is 30.0 Å². The fourth-order valence-corrected chi connectivity index (χ4v) is 3.24. The van der Waals surface area contributed by atoms with Crippen LogP contribution in [0.25, 0.3) is 11.6 Å². The average Bonchev–Trinajstić information content (AvgIpc) is 3.14. The summed E-state index contributed by atoms with van der Waals surface area (Å²) in [6.45, 7) is 4.35. The average molecular weight is 394 g/mol. The fraction of sp³-hybridized carbons (Fsp3) is 0.125. The van der Waals surface area contributed by atoms with Crippen molar-refractivity contribution in [3.8, 4) is 11.6 Å². The number of halogens is 2. The van der Waals surface area contributed by atoms with Gasteiger partial charge in [0.05, 0.1) is 0 Å². The highest BCUT2D eigenvalue weighted by atomic mass is 79.9. The van der Waals surface area contributed by atoms with E-state index in [1.165, 1.54) is 23.9 Å². The summed E-state index contributed by atoms with van der Waals surface area (Å²) in [6, 6.07) is 10.1. The van der Waals surface area contributed by atoms with Crippen LogP contribution in [0, 0.1) is 5.82 Å². The van der Waals surface area contributed by atoms with Crippen LogP contribution in [0.15, 0.2) is 63.3 Å². The number of hydrogen-bond donors (Lipinski definition) is 0. The second kappa shape index (κ2) is 7.14. The first kappa shape index (κ1) is 16.0. The van der Waals surface area contributed by atoms with E-state index in [0.717, 1.165) is 10.7 Å². The number of rotatable bonds is 6. The van der Waals surface area contributed by atoms with Gasteiger partial charge >= 0.3 is 0 Å². The van der Waals surface area contributed by atoms with Crippen molar-refractivity contribution < 1.29 is 8.81 Å². The first-order chi connectivity index (χ1) is 11.2. The minimum Gasteiger partial charge on any atom is -0.446 e. The van der Waals surface area contributed by atoms with Crippen LogP contribution in [0.2, 0.25) is 0 Å². The predicted octanol–water partition coefficient (Wildman–Crippen LogP) is 4.92. The first-order valence-corrected chi connectivity index (χ1v) is 8.62. The topological polar surface area (TPSA) is 43.9 Å². The number of allylic oxidation sites excluding steroid dienone is 1. The zero-order valence-corrected chi connectivity index (χ0v) is 14.5. The Labute approximate surface area is 145 Å². The van der Waals surface area contributed by atoms with Crippen molar-refractivity contribution in [3.63, 3.8) is 0 Å². The van der Waals surface area contributed by atoms with Crippen molar-refractivity contribution in [1.29, 1.82) is 0 Å². The maximum atomic E-state index is 12.9. The minimum atomic E-state index is -0.237. The lowest BCUT2D eigenvalue weighted by Gasteiger charge is -2.06. The molecule has 0 bridgehead atoms. The Balaban J connectivity index is 1.82. The molecule has 1 aromatic carbocycles. The molecule has 2 aromatic heterocycles. The van der Waals surface area contributed by atoms with Gasteiger partial charge in [0.2, 0.25) is 5.82 Å². The van der Waals surface area contributed by atoms with E-state index in [0.29, 0.717) is 28.6 Å². The lowest BCUT2D eigenvalue weighted by molar-refractivity contribution is 0.545. The van der Waals surface area contributed by atoms with Gasteiger partial charge in [-0.25, -0.2) is 4.39 Å². The van der Waals surface area contributed by atoms with E-state index in [1.807, 2.05) is 16.7 Å². The molecule has 2 heterocycles. The van der Waals surface area contributed by atoms with Crippen LogP contribution in [-0.2, 0) is 12.3 Å². The van der Waals surface area contributed by atoms with E-state index in [1.54, 1.807) is 18.2 Å². The van der Waals surface area contributed by atoms with E-state index < -0.39 is 0 Å². The van der Waals surface area contributed by atoms with Gasteiger partial charge in [-0.2, -0.15) is 0 Å². The first-order valence-electron chi connectivity index (χ1n) is 6.84. The molecule has 0 spiro atoms. The number of aromatic nitrogens is 3. The Kier molecular flexibility index (Phi) is 4.97. The molecule has 7 heteroatoms. The Hall–Kier alpha value is -1.86. The summed E-state index contributed by atoms with van der Waals surface area (Å²) >= 11 is 4.82. The molecule has 0 amide bonds. The molecule has 0 aliphatic heterocycles. The third kappa shape index (κ3) is 3.73. The van der Waals surface area contributed by atoms with Gasteiger partial charge in [-0.15, -0.1) is 16.8 Å². The van der Waals surface area contributed by atoms with Gasteiger partial charge in [0.25, 0.3) is 0 Å². The van der Waals surface area contributed by atoms with Crippen LogP contribution >= 0.6 is 27.7 Å². The highest BCUT2D eigenvalue weighted by Gasteiger charge is 2.16. The second-order valence-corrected chi connectivity index (χ2v) is 6.45. The molecular formula is C16H13BrFN3OS. The number of hydrogen-bond acceptors (Lipinski definition) is 4. The molecule has 3 rings (SSSR count). The van der Waals surface area contributed by atoms with Crippen LogP contribution in [0.4, 0.5) is 4.39 Å². The van der Waals surface area contributed by atoms with Crippen LogP contribution in [0.3, 0.4) is 0 Å². The number of thioether (sulfide) groups is 1. The molecule has 0 unspecified atom stereocenters. The van der Waals surface area contributed by atoms with Gasteiger partial charge in [0, 0.05) is 12.3 Å².